The molecule has 0 aliphatic heterocycles. The lowest BCUT2D eigenvalue weighted by Gasteiger charge is -2.08. The lowest BCUT2D eigenvalue weighted by atomic mass is 10.2. The van der Waals surface area contributed by atoms with Crippen LogP contribution in [0.1, 0.15) is 26.2 Å². The number of nitrogens with one attached hydrogen (secondary N) is 1. The quantitative estimate of drug-likeness (QED) is 0.756. The SMILES string of the molecule is CCCC1CC1NC(=O)COc1ccccc1N. The molecule has 2 unspecified atom stereocenters. The first-order valence-corrected chi connectivity index (χ1v) is 6.47. The van der Waals surface area contributed by atoms with Gasteiger partial charge in [0.25, 0.3) is 5.91 Å². The van der Waals surface area contributed by atoms with E-state index >= 15 is 0 Å². The van der Waals surface area contributed by atoms with Crippen LogP contribution >= 0.6 is 0 Å². The third kappa shape index (κ3) is 3.39. The molecule has 1 fully saturated rings. The Morgan fingerprint density at radius 3 is 3.00 bits per heavy atom. The monoisotopic (exact) mass is 248 g/mol. The van der Waals surface area contributed by atoms with Crippen LogP contribution in [0.5, 0.6) is 5.75 Å². The topological polar surface area (TPSA) is 64.3 Å². The second kappa shape index (κ2) is 5.76. The summed E-state index contributed by atoms with van der Waals surface area (Å²) in [4.78, 5) is 11.7. The van der Waals surface area contributed by atoms with E-state index in [4.69, 9.17) is 10.5 Å². The molecule has 1 saturated carbocycles. The molecule has 0 radical (unpaired) electrons. The van der Waals surface area contributed by atoms with Crippen molar-refractivity contribution in [2.45, 2.75) is 32.2 Å². The molecule has 98 valence electrons. The van der Waals surface area contributed by atoms with Crippen molar-refractivity contribution in [2.24, 2.45) is 5.92 Å². The summed E-state index contributed by atoms with van der Waals surface area (Å²) in [6, 6.07) is 7.54. The first-order chi connectivity index (χ1) is 8.70. The number of hydrogen-bond acceptors (Lipinski definition) is 3. The summed E-state index contributed by atoms with van der Waals surface area (Å²) in [7, 11) is 0. The van der Waals surface area contributed by atoms with Gasteiger partial charge in [-0.15, -0.1) is 0 Å². The van der Waals surface area contributed by atoms with Gasteiger partial charge in [-0.25, -0.2) is 0 Å². The average Bonchev–Trinajstić information content (AvgIpc) is 3.07. The molecule has 18 heavy (non-hydrogen) atoms. The van der Waals surface area contributed by atoms with Crippen molar-refractivity contribution < 1.29 is 9.53 Å². The predicted octanol–water partition coefficient (Wildman–Crippen LogP) is 1.95. The average molecular weight is 248 g/mol. The van der Waals surface area contributed by atoms with E-state index in [0.29, 0.717) is 23.4 Å². The molecule has 0 heterocycles. The Kier molecular flexibility index (Phi) is 4.07. The number of anilines is 1. The van der Waals surface area contributed by atoms with Gasteiger partial charge < -0.3 is 15.8 Å². The standard InChI is InChI=1S/C14H20N2O2/c1-2-5-10-8-12(10)16-14(17)9-18-13-7-4-3-6-11(13)15/h3-4,6-7,10,12H,2,5,8-9,15H2,1H3,(H,16,17). The normalized spacial score (nSPS) is 21.4. The number of carbonyl (C=O) groups excluding carboxylic acids is 1. The molecular formula is C14H20N2O2. The third-order valence-electron chi connectivity index (χ3n) is 3.21. The van der Waals surface area contributed by atoms with Crippen molar-refractivity contribution in [1.82, 2.24) is 5.32 Å². The van der Waals surface area contributed by atoms with Crippen LogP contribution < -0.4 is 15.8 Å². The molecule has 2 rings (SSSR count). The molecule has 0 aromatic heterocycles. The number of carbonyl (C=O) groups is 1. The third-order valence-corrected chi connectivity index (χ3v) is 3.21. The molecule has 1 amide bonds. The summed E-state index contributed by atoms with van der Waals surface area (Å²) in [5.74, 6) is 1.16. The van der Waals surface area contributed by atoms with Gasteiger partial charge in [-0.1, -0.05) is 25.5 Å². The summed E-state index contributed by atoms with van der Waals surface area (Å²) < 4.78 is 5.39. The number of ether oxygens (including phenoxy) is 1. The van der Waals surface area contributed by atoms with Gasteiger partial charge in [-0.2, -0.15) is 0 Å². The van der Waals surface area contributed by atoms with Crippen molar-refractivity contribution in [3.8, 4) is 5.75 Å². The molecule has 3 N–H and O–H groups in total. The fourth-order valence-corrected chi connectivity index (χ4v) is 2.12. The molecule has 0 bridgehead atoms. The smallest absolute Gasteiger partial charge is 0.258 e. The lowest BCUT2D eigenvalue weighted by molar-refractivity contribution is -0.123. The van der Waals surface area contributed by atoms with E-state index < -0.39 is 0 Å². The Labute approximate surface area is 108 Å². The summed E-state index contributed by atoms with van der Waals surface area (Å²) in [5, 5.41) is 2.97. The minimum atomic E-state index is -0.0677. The van der Waals surface area contributed by atoms with Gasteiger partial charge in [-0.3, -0.25) is 4.79 Å². The van der Waals surface area contributed by atoms with Gasteiger partial charge in [0.1, 0.15) is 5.75 Å². The van der Waals surface area contributed by atoms with E-state index in [1.165, 1.54) is 12.8 Å². The highest BCUT2D eigenvalue weighted by atomic mass is 16.5. The largest absolute Gasteiger partial charge is 0.482 e. The van der Waals surface area contributed by atoms with Crippen LogP contribution in [0.4, 0.5) is 5.69 Å². The van der Waals surface area contributed by atoms with Crippen molar-refractivity contribution in [2.75, 3.05) is 12.3 Å². The highest BCUT2D eigenvalue weighted by Gasteiger charge is 2.37. The van der Waals surface area contributed by atoms with Crippen LogP contribution in [-0.4, -0.2) is 18.6 Å². The second-order valence-electron chi connectivity index (χ2n) is 4.78. The highest BCUT2D eigenvalue weighted by Crippen LogP contribution is 2.34. The van der Waals surface area contributed by atoms with Crippen LogP contribution in [0, 0.1) is 5.92 Å². The number of rotatable bonds is 6. The molecule has 1 aromatic rings. The Bertz CT molecular complexity index is 420. The second-order valence-corrected chi connectivity index (χ2v) is 4.78. The van der Waals surface area contributed by atoms with Gasteiger partial charge in [0.2, 0.25) is 0 Å². The Balaban J connectivity index is 1.71. The molecule has 4 heteroatoms. The molecule has 1 aromatic carbocycles. The number of hydrogen-bond donors (Lipinski definition) is 2. The lowest BCUT2D eigenvalue weighted by Crippen LogP contribution is -2.31. The van der Waals surface area contributed by atoms with Gasteiger partial charge in [0, 0.05) is 6.04 Å². The molecule has 1 aliphatic rings. The zero-order valence-corrected chi connectivity index (χ0v) is 10.7. The Morgan fingerprint density at radius 2 is 2.28 bits per heavy atom. The molecule has 2 atom stereocenters. The Morgan fingerprint density at radius 1 is 1.50 bits per heavy atom. The zero-order chi connectivity index (χ0) is 13.0. The van der Waals surface area contributed by atoms with E-state index in [1.54, 1.807) is 12.1 Å². The summed E-state index contributed by atoms with van der Waals surface area (Å²) in [5.41, 5.74) is 6.28. The fourth-order valence-electron chi connectivity index (χ4n) is 2.12. The van der Waals surface area contributed by atoms with Crippen LogP contribution in [0.2, 0.25) is 0 Å². The Hall–Kier alpha value is -1.71. The number of nitrogens with two attached hydrogens (primary N) is 1. The number of para-hydroxylation sites is 2. The summed E-state index contributed by atoms with van der Waals surface area (Å²) >= 11 is 0. The van der Waals surface area contributed by atoms with Crippen molar-refractivity contribution >= 4 is 11.6 Å². The molecule has 1 aliphatic carbocycles. The van der Waals surface area contributed by atoms with Crippen LogP contribution in [-0.2, 0) is 4.79 Å². The maximum absolute atomic E-state index is 11.7. The predicted molar refractivity (Wildman–Crippen MR) is 71.3 cm³/mol. The van der Waals surface area contributed by atoms with Crippen LogP contribution in [0.3, 0.4) is 0 Å². The number of nitrogen functional groups attached to an aromatic ring is 1. The number of amides is 1. The first kappa shape index (κ1) is 12.7. The van der Waals surface area contributed by atoms with Gasteiger partial charge in [-0.05, 0) is 30.9 Å². The summed E-state index contributed by atoms with van der Waals surface area (Å²) in [6.07, 6.45) is 3.47. The zero-order valence-electron chi connectivity index (χ0n) is 10.7. The van der Waals surface area contributed by atoms with Crippen molar-refractivity contribution in [1.29, 1.82) is 0 Å². The molecule has 0 spiro atoms. The van der Waals surface area contributed by atoms with Gasteiger partial charge in [0.05, 0.1) is 5.69 Å². The van der Waals surface area contributed by atoms with Crippen molar-refractivity contribution in [3.05, 3.63) is 24.3 Å². The van der Waals surface area contributed by atoms with E-state index in [0.717, 1.165) is 6.42 Å². The van der Waals surface area contributed by atoms with E-state index in [1.807, 2.05) is 12.1 Å². The minimum Gasteiger partial charge on any atom is -0.482 e. The maximum atomic E-state index is 11.7. The van der Waals surface area contributed by atoms with Gasteiger partial charge >= 0.3 is 0 Å². The fraction of sp³-hybridized carbons (Fsp3) is 0.500. The van der Waals surface area contributed by atoms with Crippen molar-refractivity contribution in [3.63, 3.8) is 0 Å². The molecule has 4 nitrogen and oxygen atoms in total. The highest BCUT2D eigenvalue weighted by molar-refractivity contribution is 5.78. The van der Waals surface area contributed by atoms with Crippen LogP contribution in [0.15, 0.2) is 24.3 Å². The van der Waals surface area contributed by atoms with E-state index in [2.05, 4.69) is 12.2 Å². The number of benzene rings is 1. The van der Waals surface area contributed by atoms with E-state index in [-0.39, 0.29) is 12.5 Å². The summed E-state index contributed by atoms with van der Waals surface area (Å²) in [6.45, 7) is 2.20. The van der Waals surface area contributed by atoms with Crippen LogP contribution in [0.25, 0.3) is 0 Å². The first-order valence-electron chi connectivity index (χ1n) is 6.47. The maximum Gasteiger partial charge on any atom is 0.258 e. The minimum absolute atomic E-state index is 0.0313. The van der Waals surface area contributed by atoms with Gasteiger partial charge in [0.15, 0.2) is 6.61 Å². The molecule has 0 saturated heterocycles. The molecular weight excluding hydrogens is 228 g/mol. The van der Waals surface area contributed by atoms with E-state index in [9.17, 15) is 4.79 Å².